The van der Waals surface area contributed by atoms with Crippen molar-refractivity contribution in [2.75, 3.05) is 0 Å². The molecule has 0 unspecified atom stereocenters. The summed E-state index contributed by atoms with van der Waals surface area (Å²) in [6.45, 7) is 4.81. The number of carbonyl (C=O) groups excluding carboxylic acids is 2. The number of para-hydroxylation sites is 1. The molecule has 5 nitrogen and oxygen atoms in total. The van der Waals surface area contributed by atoms with E-state index in [1.807, 2.05) is 0 Å². The van der Waals surface area contributed by atoms with E-state index in [2.05, 4.69) is 5.32 Å². The number of aliphatic hydroxyl groups excluding tert-OH is 1. The minimum Gasteiger partial charge on any atom is -0.484 e. The van der Waals surface area contributed by atoms with Crippen LogP contribution in [-0.4, -0.2) is 28.5 Å². The highest BCUT2D eigenvalue weighted by Crippen LogP contribution is 2.42. The molecule has 1 amide bonds. The summed E-state index contributed by atoms with van der Waals surface area (Å²) >= 11 is 0. The van der Waals surface area contributed by atoms with Gasteiger partial charge in [-0.25, -0.2) is 4.39 Å². The van der Waals surface area contributed by atoms with Crippen LogP contribution in [0.1, 0.15) is 53.1 Å². The molecule has 0 fully saturated rings. The largest absolute Gasteiger partial charge is 0.484 e. The number of fused-ring (bicyclic) bond motifs is 1. The first kappa shape index (κ1) is 18.1. The number of ether oxygens (including phenoxy) is 1. The Morgan fingerprint density at radius 2 is 1.81 bits per heavy atom. The number of aliphatic hydroxyl groups is 1. The summed E-state index contributed by atoms with van der Waals surface area (Å²) in [4.78, 5) is 24.5. The molecule has 2 atom stereocenters. The van der Waals surface area contributed by atoms with E-state index < -0.39 is 29.5 Å². The lowest BCUT2D eigenvalue weighted by Gasteiger charge is -2.42. The highest BCUT2D eigenvalue weighted by molar-refractivity contribution is 5.98. The highest BCUT2D eigenvalue weighted by atomic mass is 19.1. The number of halogens is 1. The number of carbonyl (C=O) groups is 2. The van der Waals surface area contributed by atoms with Crippen molar-refractivity contribution in [1.82, 2.24) is 5.32 Å². The standard InChI is InChI=1S/C20H20FNO4/c1-11(23)14-5-4-6-15-16(18(24)20(2,3)26-17(14)15)22-19(25)12-7-9-13(21)10-8-12/h4-10,16,18,24H,1-3H3,(H,22,25)/t16-,18+/m0/s1. The molecule has 6 heteroatoms. The minimum atomic E-state index is -1.04. The van der Waals surface area contributed by atoms with Crippen LogP contribution in [0.2, 0.25) is 0 Å². The molecule has 1 heterocycles. The van der Waals surface area contributed by atoms with Crippen LogP contribution >= 0.6 is 0 Å². The molecule has 0 saturated carbocycles. The zero-order valence-electron chi connectivity index (χ0n) is 14.7. The van der Waals surface area contributed by atoms with E-state index in [-0.39, 0.29) is 11.3 Å². The Morgan fingerprint density at radius 1 is 1.15 bits per heavy atom. The molecule has 0 bridgehead atoms. The van der Waals surface area contributed by atoms with Crippen molar-refractivity contribution in [3.63, 3.8) is 0 Å². The fraction of sp³-hybridized carbons (Fsp3) is 0.300. The number of amides is 1. The third kappa shape index (κ3) is 3.20. The van der Waals surface area contributed by atoms with Gasteiger partial charge in [0.1, 0.15) is 23.3 Å². The molecule has 26 heavy (non-hydrogen) atoms. The lowest BCUT2D eigenvalue weighted by Crippen LogP contribution is -2.53. The van der Waals surface area contributed by atoms with Crippen molar-refractivity contribution >= 4 is 11.7 Å². The number of Topliss-reactive ketones (excluding diaryl/α,β-unsaturated/α-hetero) is 1. The first-order valence-corrected chi connectivity index (χ1v) is 8.28. The molecule has 0 saturated heterocycles. The van der Waals surface area contributed by atoms with Crippen LogP contribution in [0.5, 0.6) is 5.75 Å². The fourth-order valence-corrected chi connectivity index (χ4v) is 3.07. The zero-order chi connectivity index (χ0) is 19.1. The normalized spacial score (nSPS) is 20.7. The van der Waals surface area contributed by atoms with Crippen LogP contribution in [0.4, 0.5) is 4.39 Å². The predicted molar refractivity (Wildman–Crippen MR) is 93.8 cm³/mol. The summed E-state index contributed by atoms with van der Waals surface area (Å²) in [6, 6.07) is 9.39. The maximum absolute atomic E-state index is 13.1. The summed E-state index contributed by atoms with van der Waals surface area (Å²) in [5, 5.41) is 13.5. The number of benzene rings is 2. The number of hydrogen-bond donors (Lipinski definition) is 2. The number of hydrogen-bond acceptors (Lipinski definition) is 4. The van der Waals surface area contributed by atoms with E-state index in [0.29, 0.717) is 16.9 Å². The van der Waals surface area contributed by atoms with Crippen LogP contribution in [-0.2, 0) is 0 Å². The van der Waals surface area contributed by atoms with Crippen LogP contribution < -0.4 is 10.1 Å². The van der Waals surface area contributed by atoms with Gasteiger partial charge in [0, 0.05) is 11.1 Å². The lowest BCUT2D eigenvalue weighted by atomic mass is 9.85. The summed E-state index contributed by atoms with van der Waals surface area (Å²) in [5.41, 5.74) is 0.176. The van der Waals surface area contributed by atoms with Gasteiger partial charge in [0.25, 0.3) is 5.91 Å². The molecule has 1 aliphatic heterocycles. The SMILES string of the molecule is CC(=O)c1cccc2c1OC(C)(C)[C@H](O)[C@H]2NC(=O)c1ccc(F)cc1. The Balaban J connectivity index is 2.01. The average molecular weight is 357 g/mol. The first-order chi connectivity index (χ1) is 12.2. The molecule has 3 rings (SSSR count). The van der Waals surface area contributed by atoms with Gasteiger partial charge in [-0.3, -0.25) is 9.59 Å². The Bertz CT molecular complexity index is 861. The van der Waals surface area contributed by atoms with Gasteiger partial charge in [-0.2, -0.15) is 0 Å². The quantitative estimate of drug-likeness (QED) is 0.828. The van der Waals surface area contributed by atoms with Crippen molar-refractivity contribution < 1.29 is 23.8 Å². The van der Waals surface area contributed by atoms with Gasteiger partial charge in [-0.15, -0.1) is 0 Å². The molecule has 2 aromatic rings. The van der Waals surface area contributed by atoms with E-state index in [1.165, 1.54) is 31.2 Å². The molecule has 0 spiro atoms. The third-order valence-electron chi connectivity index (χ3n) is 4.55. The Morgan fingerprint density at radius 3 is 2.42 bits per heavy atom. The van der Waals surface area contributed by atoms with E-state index >= 15 is 0 Å². The van der Waals surface area contributed by atoms with Crippen molar-refractivity contribution in [3.8, 4) is 5.75 Å². The van der Waals surface area contributed by atoms with E-state index in [9.17, 15) is 19.1 Å². The second kappa shape index (κ2) is 6.53. The molecule has 2 aromatic carbocycles. The summed E-state index contributed by atoms with van der Waals surface area (Å²) < 4.78 is 19.0. The molecular weight excluding hydrogens is 337 g/mol. The average Bonchev–Trinajstić information content (AvgIpc) is 2.58. The number of nitrogens with one attached hydrogen (secondary N) is 1. The minimum absolute atomic E-state index is 0.169. The van der Waals surface area contributed by atoms with E-state index in [1.54, 1.807) is 32.0 Å². The van der Waals surface area contributed by atoms with Crippen LogP contribution in [0.15, 0.2) is 42.5 Å². The lowest BCUT2D eigenvalue weighted by molar-refractivity contribution is -0.0630. The third-order valence-corrected chi connectivity index (χ3v) is 4.55. The Labute approximate surface area is 150 Å². The van der Waals surface area contributed by atoms with Crippen molar-refractivity contribution in [2.45, 2.75) is 38.5 Å². The smallest absolute Gasteiger partial charge is 0.251 e. The predicted octanol–water partition coefficient (Wildman–Crippen LogP) is 3.03. The van der Waals surface area contributed by atoms with Gasteiger partial charge in [-0.1, -0.05) is 12.1 Å². The number of rotatable bonds is 3. The van der Waals surface area contributed by atoms with Gasteiger partial charge in [0.05, 0.1) is 11.6 Å². The van der Waals surface area contributed by atoms with Crippen molar-refractivity contribution in [2.24, 2.45) is 0 Å². The van der Waals surface area contributed by atoms with Crippen LogP contribution in [0, 0.1) is 5.82 Å². The second-order valence-electron chi connectivity index (χ2n) is 6.89. The monoisotopic (exact) mass is 357 g/mol. The fourth-order valence-electron chi connectivity index (χ4n) is 3.07. The molecule has 2 N–H and O–H groups in total. The van der Waals surface area contributed by atoms with Crippen molar-refractivity contribution in [3.05, 3.63) is 65.0 Å². The number of ketones is 1. The van der Waals surface area contributed by atoms with Crippen LogP contribution in [0.3, 0.4) is 0 Å². The second-order valence-corrected chi connectivity index (χ2v) is 6.89. The van der Waals surface area contributed by atoms with E-state index in [0.717, 1.165) is 0 Å². The van der Waals surface area contributed by atoms with Gasteiger partial charge < -0.3 is 15.2 Å². The molecule has 0 aliphatic carbocycles. The van der Waals surface area contributed by atoms with Gasteiger partial charge in [-0.05, 0) is 51.1 Å². The Hall–Kier alpha value is -2.73. The molecular formula is C20H20FNO4. The van der Waals surface area contributed by atoms with E-state index in [4.69, 9.17) is 4.74 Å². The molecule has 1 aliphatic rings. The molecule has 136 valence electrons. The molecule has 0 aromatic heterocycles. The van der Waals surface area contributed by atoms with Crippen LogP contribution in [0.25, 0.3) is 0 Å². The maximum atomic E-state index is 13.1. The Kier molecular flexibility index (Phi) is 4.54. The topological polar surface area (TPSA) is 75.6 Å². The summed E-state index contributed by atoms with van der Waals surface area (Å²) in [6.07, 6.45) is -1.04. The summed E-state index contributed by atoms with van der Waals surface area (Å²) in [5.74, 6) is -0.700. The first-order valence-electron chi connectivity index (χ1n) is 8.28. The zero-order valence-corrected chi connectivity index (χ0v) is 14.7. The highest BCUT2D eigenvalue weighted by Gasteiger charge is 2.44. The van der Waals surface area contributed by atoms with Gasteiger partial charge in [0.2, 0.25) is 0 Å². The summed E-state index contributed by atoms with van der Waals surface area (Å²) in [7, 11) is 0. The van der Waals surface area contributed by atoms with Gasteiger partial charge in [0.15, 0.2) is 5.78 Å². The van der Waals surface area contributed by atoms with Gasteiger partial charge >= 0.3 is 0 Å². The molecule has 0 radical (unpaired) electrons. The maximum Gasteiger partial charge on any atom is 0.251 e. The van der Waals surface area contributed by atoms with Crippen molar-refractivity contribution in [1.29, 1.82) is 0 Å².